The van der Waals surface area contributed by atoms with Crippen LogP contribution in [0.2, 0.25) is 0 Å². The van der Waals surface area contributed by atoms with Crippen molar-refractivity contribution in [1.29, 1.82) is 0 Å². The van der Waals surface area contributed by atoms with E-state index in [-0.39, 0.29) is 17.6 Å². The number of carbonyl (C=O) groups excluding carboxylic acids is 1. The molecule has 0 saturated carbocycles. The first-order valence-corrected chi connectivity index (χ1v) is 5.29. The molecule has 5 heteroatoms. The van der Waals surface area contributed by atoms with Crippen LogP contribution in [0.15, 0.2) is 24.3 Å². The number of hydrogen-bond acceptors (Lipinski definition) is 2. The Morgan fingerprint density at radius 1 is 1.24 bits per heavy atom. The van der Waals surface area contributed by atoms with Gasteiger partial charge in [-0.05, 0) is 38.1 Å². The summed E-state index contributed by atoms with van der Waals surface area (Å²) in [5.41, 5.74) is 0.771. The van der Waals surface area contributed by atoms with Gasteiger partial charge in [-0.25, -0.2) is 9.59 Å². The zero-order chi connectivity index (χ0) is 13.0. The Kier molecular flexibility index (Phi) is 4.09. The third-order valence-corrected chi connectivity index (χ3v) is 2.48. The number of benzene rings is 1. The van der Waals surface area contributed by atoms with E-state index in [0.717, 1.165) is 0 Å². The lowest BCUT2D eigenvalue weighted by Crippen LogP contribution is -2.36. The van der Waals surface area contributed by atoms with E-state index in [1.807, 2.05) is 13.8 Å². The fourth-order valence-electron chi connectivity index (χ4n) is 1.14. The summed E-state index contributed by atoms with van der Waals surface area (Å²) in [7, 11) is 1.70. The van der Waals surface area contributed by atoms with E-state index >= 15 is 0 Å². The number of carboxylic acid groups (broad SMARTS) is 1. The van der Waals surface area contributed by atoms with E-state index in [0.29, 0.717) is 5.69 Å². The van der Waals surface area contributed by atoms with Crippen molar-refractivity contribution in [2.45, 2.75) is 19.9 Å². The summed E-state index contributed by atoms with van der Waals surface area (Å²) in [6.07, 6.45) is 0. The summed E-state index contributed by atoms with van der Waals surface area (Å²) in [4.78, 5) is 23.9. The lowest BCUT2D eigenvalue weighted by Gasteiger charge is -2.21. The normalized spacial score (nSPS) is 10.1. The topological polar surface area (TPSA) is 69.6 Å². The molecule has 2 amide bonds. The predicted molar refractivity (Wildman–Crippen MR) is 65.3 cm³/mol. The van der Waals surface area contributed by atoms with Crippen molar-refractivity contribution < 1.29 is 14.7 Å². The molecule has 0 unspecified atom stereocenters. The highest BCUT2D eigenvalue weighted by Crippen LogP contribution is 2.10. The molecule has 17 heavy (non-hydrogen) atoms. The van der Waals surface area contributed by atoms with Gasteiger partial charge in [-0.15, -0.1) is 0 Å². The van der Waals surface area contributed by atoms with Gasteiger partial charge in [-0.1, -0.05) is 0 Å². The van der Waals surface area contributed by atoms with E-state index < -0.39 is 5.97 Å². The molecule has 0 saturated heterocycles. The average Bonchev–Trinajstić information content (AvgIpc) is 2.28. The second-order valence-corrected chi connectivity index (χ2v) is 4.02. The highest BCUT2D eigenvalue weighted by Gasteiger charge is 2.11. The Hall–Kier alpha value is -2.04. The van der Waals surface area contributed by atoms with E-state index in [1.165, 1.54) is 12.1 Å². The first-order chi connectivity index (χ1) is 7.91. The van der Waals surface area contributed by atoms with Crippen molar-refractivity contribution in [2.24, 2.45) is 0 Å². The molecule has 0 atom stereocenters. The molecule has 0 aromatic heterocycles. The Morgan fingerprint density at radius 3 is 2.18 bits per heavy atom. The van der Waals surface area contributed by atoms with Gasteiger partial charge >= 0.3 is 12.0 Å². The number of nitrogens with zero attached hydrogens (tertiary/aromatic N) is 1. The molecule has 0 aliphatic rings. The van der Waals surface area contributed by atoms with Crippen molar-refractivity contribution in [1.82, 2.24) is 4.90 Å². The van der Waals surface area contributed by atoms with Crippen molar-refractivity contribution in [3.05, 3.63) is 29.8 Å². The SMILES string of the molecule is CC(C)N(C)C(=O)Nc1ccc(C(=O)O)cc1. The zero-order valence-electron chi connectivity index (χ0n) is 10.1. The van der Waals surface area contributed by atoms with Crippen LogP contribution in [0.5, 0.6) is 0 Å². The number of carboxylic acids is 1. The predicted octanol–water partition coefficient (Wildman–Crippen LogP) is 2.26. The number of amides is 2. The molecule has 0 radical (unpaired) electrons. The fourth-order valence-corrected chi connectivity index (χ4v) is 1.14. The van der Waals surface area contributed by atoms with Crippen LogP contribution < -0.4 is 5.32 Å². The van der Waals surface area contributed by atoms with E-state index in [9.17, 15) is 9.59 Å². The van der Waals surface area contributed by atoms with Crippen LogP contribution in [0.25, 0.3) is 0 Å². The van der Waals surface area contributed by atoms with Gasteiger partial charge in [0.05, 0.1) is 5.56 Å². The minimum Gasteiger partial charge on any atom is -0.478 e. The maximum atomic E-state index is 11.7. The number of urea groups is 1. The van der Waals surface area contributed by atoms with Gasteiger partial charge < -0.3 is 15.3 Å². The van der Waals surface area contributed by atoms with Crippen LogP contribution in [-0.2, 0) is 0 Å². The van der Waals surface area contributed by atoms with Gasteiger partial charge in [0.1, 0.15) is 0 Å². The van der Waals surface area contributed by atoms with Gasteiger partial charge in [0.2, 0.25) is 0 Å². The molecular formula is C12H16N2O3. The Bertz CT molecular complexity index is 412. The van der Waals surface area contributed by atoms with Crippen LogP contribution in [0.1, 0.15) is 24.2 Å². The van der Waals surface area contributed by atoms with Gasteiger partial charge in [-0.3, -0.25) is 0 Å². The van der Waals surface area contributed by atoms with Crippen LogP contribution in [-0.4, -0.2) is 35.1 Å². The lowest BCUT2D eigenvalue weighted by atomic mass is 10.2. The van der Waals surface area contributed by atoms with Gasteiger partial charge in [0.15, 0.2) is 0 Å². The molecule has 0 fully saturated rings. The molecule has 92 valence electrons. The Labute approximate surface area is 100 Å². The minimum absolute atomic E-state index is 0.105. The van der Waals surface area contributed by atoms with Crippen molar-refractivity contribution >= 4 is 17.7 Å². The molecular weight excluding hydrogens is 220 g/mol. The van der Waals surface area contributed by atoms with Crippen LogP contribution >= 0.6 is 0 Å². The molecule has 0 heterocycles. The number of carbonyl (C=O) groups is 2. The maximum Gasteiger partial charge on any atom is 0.335 e. The summed E-state index contributed by atoms with van der Waals surface area (Å²) in [6.45, 7) is 3.82. The smallest absolute Gasteiger partial charge is 0.335 e. The molecule has 0 bridgehead atoms. The van der Waals surface area contributed by atoms with Gasteiger partial charge in [-0.2, -0.15) is 0 Å². The third kappa shape index (κ3) is 3.48. The number of hydrogen-bond donors (Lipinski definition) is 2. The molecule has 1 aromatic rings. The first-order valence-electron chi connectivity index (χ1n) is 5.29. The Morgan fingerprint density at radius 2 is 1.76 bits per heavy atom. The molecule has 1 aromatic carbocycles. The fraction of sp³-hybridized carbons (Fsp3) is 0.333. The van der Waals surface area contributed by atoms with Crippen molar-refractivity contribution in [2.75, 3.05) is 12.4 Å². The van der Waals surface area contributed by atoms with Gasteiger partial charge in [0.25, 0.3) is 0 Å². The highest BCUT2D eigenvalue weighted by atomic mass is 16.4. The van der Waals surface area contributed by atoms with E-state index in [1.54, 1.807) is 24.1 Å². The third-order valence-electron chi connectivity index (χ3n) is 2.48. The summed E-state index contributed by atoms with van der Waals surface area (Å²) < 4.78 is 0. The molecule has 2 N–H and O–H groups in total. The summed E-state index contributed by atoms with van der Waals surface area (Å²) in [6, 6.07) is 5.92. The minimum atomic E-state index is -0.984. The zero-order valence-corrected chi connectivity index (χ0v) is 10.1. The largest absolute Gasteiger partial charge is 0.478 e. The van der Waals surface area contributed by atoms with Gasteiger partial charge in [0, 0.05) is 18.8 Å². The molecule has 0 spiro atoms. The van der Waals surface area contributed by atoms with Crippen LogP contribution in [0.3, 0.4) is 0 Å². The summed E-state index contributed by atoms with van der Waals surface area (Å²) in [5.74, 6) is -0.984. The first kappa shape index (κ1) is 13.0. The molecule has 5 nitrogen and oxygen atoms in total. The number of rotatable bonds is 3. The summed E-state index contributed by atoms with van der Waals surface area (Å²) >= 11 is 0. The Balaban J connectivity index is 2.70. The second kappa shape index (κ2) is 5.34. The molecule has 1 rings (SSSR count). The average molecular weight is 236 g/mol. The van der Waals surface area contributed by atoms with E-state index in [2.05, 4.69) is 5.32 Å². The molecule has 0 aliphatic heterocycles. The maximum absolute atomic E-state index is 11.7. The van der Waals surface area contributed by atoms with Crippen LogP contribution in [0.4, 0.5) is 10.5 Å². The van der Waals surface area contributed by atoms with Crippen molar-refractivity contribution in [3.63, 3.8) is 0 Å². The number of anilines is 1. The van der Waals surface area contributed by atoms with Crippen LogP contribution in [0, 0.1) is 0 Å². The molecule has 0 aliphatic carbocycles. The van der Waals surface area contributed by atoms with Crippen molar-refractivity contribution in [3.8, 4) is 0 Å². The van der Waals surface area contributed by atoms with E-state index in [4.69, 9.17) is 5.11 Å². The number of aromatic carboxylic acids is 1. The number of nitrogens with one attached hydrogen (secondary N) is 1. The summed E-state index contributed by atoms with van der Waals surface area (Å²) in [5, 5.41) is 11.4. The second-order valence-electron chi connectivity index (χ2n) is 4.02. The lowest BCUT2D eigenvalue weighted by molar-refractivity contribution is 0.0697. The standard InChI is InChI=1S/C12H16N2O3/c1-8(2)14(3)12(17)13-10-6-4-9(5-7-10)11(15)16/h4-8H,1-3H3,(H,13,17)(H,15,16). The quantitative estimate of drug-likeness (QED) is 0.845. The monoisotopic (exact) mass is 236 g/mol. The highest BCUT2D eigenvalue weighted by molar-refractivity contribution is 5.91.